The second kappa shape index (κ2) is 8.25. The van der Waals surface area contributed by atoms with E-state index in [0.29, 0.717) is 5.92 Å². The first kappa shape index (κ1) is 18.2. The number of carbonyl (C=O) groups is 1. The number of aromatic nitrogens is 3. The molecule has 1 N–H and O–H groups in total. The topological polar surface area (TPSA) is 63.1 Å². The zero-order valence-corrected chi connectivity index (χ0v) is 16.1. The molecule has 2 aromatic heterocycles. The van der Waals surface area contributed by atoms with Crippen molar-refractivity contribution in [3.8, 4) is 11.4 Å². The Labute approximate surface area is 165 Å². The molecular formula is C22H25N5O. The first-order valence-electron chi connectivity index (χ1n) is 9.74. The molecule has 6 nitrogen and oxygen atoms in total. The van der Waals surface area contributed by atoms with Crippen molar-refractivity contribution >= 4 is 11.7 Å². The summed E-state index contributed by atoms with van der Waals surface area (Å²) in [6.45, 7) is 4.48. The molecule has 0 radical (unpaired) electrons. The van der Waals surface area contributed by atoms with E-state index >= 15 is 0 Å². The third-order valence-corrected chi connectivity index (χ3v) is 5.25. The van der Waals surface area contributed by atoms with Gasteiger partial charge in [-0.05, 0) is 49.9 Å². The number of urea groups is 1. The van der Waals surface area contributed by atoms with Crippen molar-refractivity contribution in [1.29, 1.82) is 0 Å². The number of nitrogens with one attached hydrogen (secondary N) is 1. The second-order valence-corrected chi connectivity index (χ2v) is 7.33. The Morgan fingerprint density at radius 2 is 2.04 bits per heavy atom. The monoisotopic (exact) mass is 375 g/mol. The number of rotatable bonds is 4. The summed E-state index contributed by atoms with van der Waals surface area (Å²) in [7, 11) is 0. The lowest BCUT2D eigenvalue weighted by atomic mass is 9.98. The number of amides is 2. The number of para-hydroxylation sites is 1. The van der Waals surface area contributed by atoms with Crippen molar-refractivity contribution in [2.45, 2.75) is 26.3 Å². The van der Waals surface area contributed by atoms with Gasteiger partial charge in [-0.25, -0.2) is 9.78 Å². The zero-order chi connectivity index (χ0) is 19.3. The summed E-state index contributed by atoms with van der Waals surface area (Å²) in [5.74, 6) is 1.34. The minimum atomic E-state index is -0.0225. The molecule has 0 saturated carbocycles. The molecule has 1 saturated heterocycles. The van der Waals surface area contributed by atoms with Crippen molar-refractivity contribution in [2.75, 3.05) is 18.4 Å². The molecule has 1 atom stereocenters. The highest BCUT2D eigenvalue weighted by Gasteiger charge is 2.25. The maximum Gasteiger partial charge on any atom is 0.321 e. The minimum Gasteiger partial charge on any atom is -0.328 e. The smallest absolute Gasteiger partial charge is 0.321 e. The number of pyridine rings is 1. The Bertz CT molecular complexity index is 923. The number of anilines is 1. The number of piperidine rings is 1. The number of hydrogen-bond acceptors (Lipinski definition) is 3. The number of imidazole rings is 1. The minimum absolute atomic E-state index is 0.0225. The van der Waals surface area contributed by atoms with Gasteiger partial charge in [-0.1, -0.05) is 18.2 Å². The van der Waals surface area contributed by atoms with E-state index in [1.165, 1.54) is 0 Å². The van der Waals surface area contributed by atoms with Crippen LogP contribution in [0, 0.1) is 12.8 Å². The molecule has 0 aliphatic carbocycles. The van der Waals surface area contributed by atoms with Crippen LogP contribution in [-0.4, -0.2) is 38.6 Å². The van der Waals surface area contributed by atoms with Gasteiger partial charge in [0.25, 0.3) is 0 Å². The number of aryl methyl sites for hydroxylation is 1. The molecule has 1 aliphatic rings. The van der Waals surface area contributed by atoms with Crippen LogP contribution in [0.25, 0.3) is 11.4 Å². The Morgan fingerprint density at radius 3 is 2.82 bits per heavy atom. The largest absolute Gasteiger partial charge is 0.328 e. The van der Waals surface area contributed by atoms with Crippen LogP contribution in [0.1, 0.15) is 18.5 Å². The molecule has 0 bridgehead atoms. The lowest BCUT2D eigenvalue weighted by Crippen LogP contribution is -2.43. The van der Waals surface area contributed by atoms with Crippen LogP contribution < -0.4 is 5.32 Å². The van der Waals surface area contributed by atoms with Crippen LogP contribution >= 0.6 is 0 Å². The Morgan fingerprint density at radius 1 is 1.18 bits per heavy atom. The molecule has 1 aliphatic heterocycles. The van der Waals surface area contributed by atoms with Crippen LogP contribution in [0.4, 0.5) is 10.5 Å². The molecule has 28 heavy (non-hydrogen) atoms. The molecule has 1 aromatic carbocycles. The Balaban J connectivity index is 1.45. The fraction of sp³-hybridized carbons (Fsp3) is 0.318. The summed E-state index contributed by atoms with van der Waals surface area (Å²) in [4.78, 5) is 23.4. The van der Waals surface area contributed by atoms with Crippen molar-refractivity contribution in [2.24, 2.45) is 5.92 Å². The highest BCUT2D eigenvalue weighted by Crippen LogP contribution is 2.24. The Kier molecular flexibility index (Phi) is 5.37. The van der Waals surface area contributed by atoms with Crippen molar-refractivity contribution < 1.29 is 4.79 Å². The summed E-state index contributed by atoms with van der Waals surface area (Å²) in [5, 5.41) is 3.00. The molecule has 144 valence electrons. The van der Waals surface area contributed by atoms with Gasteiger partial charge in [-0.15, -0.1) is 0 Å². The molecule has 4 rings (SSSR count). The van der Waals surface area contributed by atoms with E-state index in [9.17, 15) is 4.79 Å². The van der Waals surface area contributed by atoms with E-state index in [4.69, 9.17) is 0 Å². The molecule has 3 heterocycles. The van der Waals surface area contributed by atoms with Crippen molar-refractivity contribution in [1.82, 2.24) is 19.4 Å². The van der Waals surface area contributed by atoms with Gasteiger partial charge in [0.2, 0.25) is 0 Å². The van der Waals surface area contributed by atoms with Gasteiger partial charge >= 0.3 is 6.03 Å². The fourth-order valence-corrected chi connectivity index (χ4v) is 3.80. The first-order valence-corrected chi connectivity index (χ1v) is 9.74. The SMILES string of the molecule is Cc1cnc(-c2cccnc2)n1CC1CCCN(C(=O)Nc2ccccc2)C1. The third kappa shape index (κ3) is 4.06. The number of likely N-dealkylation sites (tertiary alicyclic amines) is 1. The summed E-state index contributed by atoms with van der Waals surface area (Å²) >= 11 is 0. The normalized spacial score (nSPS) is 16.8. The van der Waals surface area contributed by atoms with Gasteiger partial charge in [0.05, 0.1) is 0 Å². The average molecular weight is 375 g/mol. The lowest BCUT2D eigenvalue weighted by Gasteiger charge is -2.33. The van der Waals surface area contributed by atoms with Gasteiger partial charge in [0.1, 0.15) is 5.82 Å². The number of benzene rings is 1. The van der Waals surface area contributed by atoms with Gasteiger partial charge in [-0.3, -0.25) is 4.98 Å². The van der Waals surface area contributed by atoms with E-state index in [0.717, 1.165) is 55.2 Å². The van der Waals surface area contributed by atoms with E-state index < -0.39 is 0 Å². The number of hydrogen-bond donors (Lipinski definition) is 1. The van der Waals surface area contributed by atoms with E-state index in [2.05, 4.69) is 26.8 Å². The van der Waals surface area contributed by atoms with Crippen molar-refractivity contribution in [3.63, 3.8) is 0 Å². The molecular weight excluding hydrogens is 350 g/mol. The van der Waals surface area contributed by atoms with Crippen LogP contribution in [0.3, 0.4) is 0 Å². The predicted molar refractivity (Wildman–Crippen MR) is 110 cm³/mol. The quantitative estimate of drug-likeness (QED) is 0.743. The van der Waals surface area contributed by atoms with E-state index in [1.807, 2.05) is 59.8 Å². The highest BCUT2D eigenvalue weighted by atomic mass is 16.2. The molecule has 0 spiro atoms. The summed E-state index contributed by atoms with van der Waals surface area (Å²) in [6, 6.07) is 13.6. The first-order chi connectivity index (χ1) is 13.7. The number of carbonyl (C=O) groups excluding carboxylic acids is 1. The van der Waals surface area contributed by atoms with Gasteiger partial charge in [0, 0.05) is 55.2 Å². The maximum absolute atomic E-state index is 12.7. The van der Waals surface area contributed by atoms with Gasteiger partial charge in [-0.2, -0.15) is 0 Å². The van der Waals surface area contributed by atoms with Crippen LogP contribution in [0.5, 0.6) is 0 Å². The van der Waals surface area contributed by atoms with Crippen LogP contribution in [0.15, 0.2) is 61.1 Å². The van der Waals surface area contributed by atoms with Crippen molar-refractivity contribution in [3.05, 3.63) is 66.7 Å². The highest BCUT2D eigenvalue weighted by molar-refractivity contribution is 5.89. The molecule has 3 aromatic rings. The van der Waals surface area contributed by atoms with Gasteiger partial charge in [0.15, 0.2) is 0 Å². The standard InChI is InChI=1S/C22H25N5O/c1-17-13-24-21(19-8-5-11-23-14-19)27(17)16-18-7-6-12-26(15-18)22(28)25-20-9-3-2-4-10-20/h2-5,8-11,13-14,18H,6-7,12,15-16H2,1H3,(H,25,28). The average Bonchev–Trinajstić information content (AvgIpc) is 3.10. The zero-order valence-electron chi connectivity index (χ0n) is 16.1. The predicted octanol–water partition coefficient (Wildman–Crippen LogP) is 4.20. The van der Waals surface area contributed by atoms with Crippen LogP contribution in [0.2, 0.25) is 0 Å². The summed E-state index contributed by atoms with van der Waals surface area (Å²) < 4.78 is 2.25. The van der Waals surface area contributed by atoms with E-state index in [-0.39, 0.29) is 6.03 Å². The maximum atomic E-state index is 12.7. The fourth-order valence-electron chi connectivity index (χ4n) is 3.80. The summed E-state index contributed by atoms with van der Waals surface area (Å²) in [5.41, 5.74) is 2.98. The third-order valence-electron chi connectivity index (χ3n) is 5.25. The molecule has 6 heteroatoms. The summed E-state index contributed by atoms with van der Waals surface area (Å²) in [6.07, 6.45) is 7.65. The molecule has 2 amide bonds. The molecule has 1 unspecified atom stereocenters. The molecule has 1 fully saturated rings. The Hall–Kier alpha value is -3.15. The van der Waals surface area contributed by atoms with Gasteiger partial charge < -0.3 is 14.8 Å². The van der Waals surface area contributed by atoms with Crippen LogP contribution in [-0.2, 0) is 6.54 Å². The lowest BCUT2D eigenvalue weighted by molar-refractivity contribution is 0.170. The second-order valence-electron chi connectivity index (χ2n) is 7.33. The number of nitrogens with zero attached hydrogens (tertiary/aromatic N) is 4. The van der Waals surface area contributed by atoms with E-state index in [1.54, 1.807) is 6.20 Å².